The van der Waals surface area contributed by atoms with E-state index in [4.69, 9.17) is 4.74 Å². The molecule has 0 aromatic carbocycles. The Morgan fingerprint density at radius 2 is 2.00 bits per heavy atom. The lowest BCUT2D eigenvalue weighted by atomic mass is 10.1. The van der Waals surface area contributed by atoms with Gasteiger partial charge in [-0.05, 0) is 13.0 Å². The number of nitrogens with one attached hydrogen (secondary N) is 1. The standard InChI is InChI=1S/C14H25N3O4/c1-10(18)15-12-9-21-13(14(12)20)8-16-4-3-5-17(7-6-16)11(2)19/h12-14,20H,3-9H2,1-2H3,(H,15,18)/t12-,13-,14+/m0/s1. The van der Waals surface area contributed by atoms with E-state index < -0.39 is 6.10 Å². The van der Waals surface area contributed by atoms with Gasteiger partial charge in [0.25, 0.3) is 0 Å². The smallest absolute Gasteiger partial charge is 0.219 e. The van der Waals surface area contributed by atoms with E-state index in [0.717, 1.165) is 26.1 Å². The zero-order chi connectivity index (χ0) is 15.4. The first-order valence-corrected chi connectivity index (χ1v) is 7.52. The van der Waals surface area contributed by atoms with Crippen molar-refractivity contribution in [2.75, 3.05) is 39.3 Å². The van der Waals surface area contributed by atoms with Crippen LogP contribution in [0.2, 0.25) is 0 Å². The molecule has 3 atom stereocenters. The average molecular weight is 299 g/mol. The highest BCUT2D eigenvalue weighted by Crippen LogP contribution is 2.16. The van der Waals surface area contributed by atoms with Crippen LogP contribution < -0.4 is 5.32 Å². The lowest BCUT2D eigenvalue weighted by Gasteiger charge is -2.26. The van der Waals surface area contributed by atoms with Crippen molar-refractivity contribution in [3.8, 4) is 0 Å². The summed E-state index contributed by atoms with van der Waals surface area (Å²) in [5.41, 5.74) is 0. The molecule has 21 heavy (non-hydrogen) atoms. The van der Waals surface area contributed by atoms with Crippen LogP contribution in [0.15, 0.2) is 0 Å². The van der Waals surface area contributed by atoms with E-state index in [1.54, 1.807) is 6.92 Å². The second kappa shape index (κ2) is 7.20. The summed E-state index contributed by atoms with van der Waals surface area (Å²) in [4.78, 5) is 26.5. The third-order valence-corrected chi connectivity index (χ3v) is 4.14. The first-order chi connectivity index (χ1) is 9.97. The summed E-state index contributed by atoms with van der Waals surface area (Å²) in [6, 6.07) is -0.326. The van der Waals surface area contributed by atoms with Crippen molar-refractivity contribution in [1.82, 2.24) is 15.1 Å². The number of nitrogens with zero attached hydrogens (tertiary/aromatic N) is 2. The van der Waals surface area contributed by atoms with Crippen molar-refractivity contribution in [3.05, 3.63) is 0 Å². The molecule has 0 unspecified atom stereocenters. The highest BCUT2D eigenvalue weighted by atomic mass is 16.5. The molecule has 0 aromatic heterocycles. The van der Waals surface area contributed by atoms with E-state index in [1.807, 2.05) is 4.90 Å². The van der Waals surface area contributed by atoms with Gasteiger partial charge in [-0.2, -0.15) is 0 Å². The summed E-state index contributed by atoms with van der Waals surface area (Å²) in [5, 5.41) is 12.9. The summed E-state index contributed by atoms with van der Waals surface area (Å²) in [5.74, 6) is -0.0464. The van der Waals surface area contributed by atoms with E-state index >= 15 is 0 Å². The Bertz CT molecular complexity index is 390. The van der Waals surface area contributed by atoms with E-state index in [2.05, 4.69) is 10.2 Å². The molecule has 2 amide bonds. The van der Waals surface area contributed by atoms with Crippen molar-refractivity contribution in [2.45, 2.75) is 38.5 Å². The fraction of sp³-hybridized carbons (Fsp3) is 0.857. The predicted molar refractivity (Wildman–Crippen MR) is 76.7 cm³/mol. The quantitative estimate of drug-likeness (QED) is 0.684. The summed E-state index contributed by atoms with van der Waals surface area (Å²) in [6.07, 6.45) is -0.0378. The fourth-order valence-electron chi connectivity index (χ4n) is 2.96. The second-order valence-corrected chi connectivity index (χ2v) is 5.83. The van der Waals surface area contributed by atoms with Crippen LogP contribution in [0, 0.1) is 0 Å². The van der Waals surface area contributed by atoms with Crippen molar-refractivity contribution < 1.29 is 19.4 Å². The minimum absolute atomic E-state index is 0.111. The summed E-state index contributed by atoms with van der Waals surface area (Å²) >= 11 is 0. The molecule has 0 bridgehead atoms. The number of carbonyl (C=O) groups is 2. The van der Waals surface area contributed by atoms with Crippen LogP contribution in [-0.4, -0.2) is 84.3 Å². The molecule has 0 aliphatic carbocycles. The monoisotopic (exact) mass is 299 g/mol. The van der Waals surface area contributed by atoms with Crippen molar-refractivity contribution >= 4 is 11.8 Å². The summed E-state index contributed by atoms with van der Waals surface area (Å²) in [7, 11) is 0. The number of carbonyl (C=O) groups excluding carboxylic acids is 2. The number of ether oxygens (including phenoxy) is 1. The van der Waals surface area contributed by atoms with Crippen LogP contribution in [-0.2, 0) is 14.3 Å². The lowest BCUT2D eigenvalue weighted by molar-refractivity contribution is -0.128. The van der Waals surface area contributed by atoms with E-state index in [1.165, 1.54) is 6.92 Å². The van der Waals surface area contributed by atoms with Gasteiger partial charge in [0, 0.05) is 40.0 Å². The Hall–Kier alpha value is -1.18. The molecule has 0 spiro atoms. The zero-order valence-electron chi connectivity index (χ0n) is 12.7. The Kier molecular flexibility index (Phi) is 5.55. The molecule has 2 aliphatic heterocycles. The predicted octanol–water partition coefficient (Wildman–Crippen LogP) is -1.19. The maximum atomic E-state index is 11.4. The molecule has 2 heterocycles. The molecule has 7 nitrogen and oxygen atoms in total. The second-order valence-electron chi connectivity index (χ2n) is 5.83. The molecule has 2 saturated heterocycles. The minimum atomic E-state index is -0.680. The van der Waals surface area contributed by atoms with Gasteiger partial charge in [-0.15, -0.1) is 0 Å². The van der Waals surface area contributed by atoms with Gasteiger partial charge in [0.2, 0.25) is 11.8 Å². The largest absolute Gasteiger partial charge is 0.388 e. The molecule has 120 valence electrons. The SMILES string of the molecule is CC(=O)N[C@H]1CO[C@@H](CN2CCCN(C(C)=O)CC2)[C@@H]1O. The molecule has 0 aromatic rings. The fourth-order valence-corrected chi connectivity index (χ4v) is 2.96. The lowest BCUT2D eigenvalue weighted by Crippen LogP contribution is -2.46. The molecule has 2 aliphatic rings. The van der Waals surface area contributed by atoms with Gasteiger partial charge in [-0.25, -0.2) is 0 Å². The summed E-state index contributed by atoms with van der Waals surface area (Å²) < 4.78 is 5.61. The van der Waals surface area contributed by atoms with Crippen molar-refractivity contribution in [1.29, 1.82) is 0 Å². The first kappa shape index (κ1) is 16.2. The Labute approximate surface area is 125 Å². The van der Waals surface area contributed by atoms with Crippen LogP contribution >= 0.6 is 0 Å². The number of rotatable bonds is 3. The normalized spacial score (nSPS) is 31.0. The maximum Gasteiger partial charge on any atom is 0.219 e. The topological polar surface area (TPSA) is 82.1 Å². The van der Waals surface area contributed by atoms with E-state index in [0.29, 0.717) is 19.7 Å². The molecular weight excluding hydrogens is 274 g/mol. The number of aliphatic hydroxyl groups is 1. The van der Waals surface area contributed by atoms with Gasteiger partial charge in [0.15, 0.2) is 0 Å². The number of hydrogen-bond donors (Lipinski definition) is 2. The average Bonchev–Trinajstić information content (AvgIpc) is 2.65. The van der Waals surface area contributed by atoms with Crippen LogP contribution in [0.25, 0.3) is 0 Å². The first-order valence-electron chi connectivity index (χ1n) is 7.52. The van der Waals surface area contributed by atoms with E-state index in [9.17, 15) is 14.7 Å². The molecule has 0 saturated carbocycles. The molecule has 2 fully saturated rings. The molecule has 2 rings (SSSR count). The van der Waals surface area contributed by atoms with Gasteiger partial charge in [-0.1, -0.05) is 0 Å². The Balaban J connectivity index is 1.82. The Morgan fingerprint density at radius 3 is 2.67 bits per heavy atom. The number of aliphatic hydroxyl groups excluding tert-OH is 1. The third kappa shape index (κ3) is 4.39. The van der Waals surface area contributed by atoms with Crippen molar-refractivity contribution in [2.24, 2.45) is 0 Å². The highest BCUT2D eigenvalue weighted by Gasteiger charge is 2.37. The zero-order valence-corrected chi connectivity index (χ0v) is 12.7. The molecule has 2 N–H and O–H groups in total. The molecule has 7 heteroatoms. The third-order valence-electron chi connectivity index (χ3n) is 4.14. The van der Waals surface area contributed by atoms with Crippen molar-refractivity contribution in [3.63, 3.8) is 0 Å². The van der Waals surface area contributed by atoms with Crippen LogP contribution in [0.5, 0.6) is 0 Å². The Morgan fingerprint density at radius 1 is 1.24 bits per heavy atom. The maximum absolute atomic E-state index is 11.4. The highest BCUT2D eigenvalue weighted by molar-refractivity contribution is 5.73. The van der Waals surface area contributed by atoms with Gasteiger partial charge in [0.05, 0.1) is 18.8 Å². The number of hydrogen-bond acceptors (Lipinski definition) is 5. The van der Waals surface area contributed by atoms with Gasteiger partial charge >= 0.3 is 0 Å². The molecule has 0 radical (unpaired) electrons. The minimum Gasteiger partial charge on any atom is -0.388 e. The van der Waals surface area contributed by atoms with E-state index in [-0.39, 0.29) is 24.0 Å². The molecular formula is C14H25N3O4. The van der Waals surface area contributed by atoms with Crippen LogP contribution in [0.1, 0.15) is 20.3 Å². The van der Waals surface area contributed by atoms with Gasteiger partial charge < -0.3 is 20.1 Å². The van der Waals surface area contributed by atoms with Gasteiger partial charge in [-0.3, -0.25) is 14.5 Å². The van der Waals surface area contributed by atoms with Crippen LogP contribution in [0.4, 0.5) is 0 Å². The van der Waals surface area contributed by atoms with Crippen LogP contribution in [0.3, 0.4) is 0 Å². The van der Waals surface area contributed by atoms with Gasteiger partial charge in [0.1, 0.15) is 6.10 Å². The number of amides is 2. The summed E-state index contributed by atoms with van der Waals surface area (Å²) in [6.45, 7) is 7.18.